The minimum Gasteiger partial charge on any atom is -0.458 e. The molecule has 0 spiro atoms. The molecule has 2 heterocycles. The van der Waals surface area contributed by atoms with Gasteiger partial charge in [0.2, 0.25) is 0 Å². The first-order valence-corrected chi connectivity index (χ1v) is 18.2. The first-order valence-electron chi connectivity index (χ1n) is 18.2. The van der Waals surface area contributed by atoms with Crippen LogP contribution in [-0.2, 0) is 54.3 Å². The number of unbranched alkanes of at least 4 members (excludes halogenated alkanes) is 2. The van der Waals surface area contributed by atoms with Crippen molar-refractivity contribution in [3.8, 4) is 0 Å². The number of carbonyl (C=O) groups excluding carboxylic acids is 5. The van der Waals surface area contributed by atoms with Gasteiger partial charge in [0.15, 0.2) is 11.1 Å². The molecule has 3 fully saturated rings. The van der Waals surface area contributed by atoms with E-state index in [4.69, 9.17) is 23.7 Å². The minimum absolute atomic E-state index is 0.156. The lowest BCUT2D eigenvalue weighted by Gasteiger charge is -2.29. The highest BCUT2D eigenvalue weighted by Crippen LogP contribution is 2.38. The third-order valence-corrected chi connectivity index (χ3v) is 9.26. The van der Waals surface area contributed by atoms with Crippen LogP contribution in [0.5, 0.6) is 0 Å². The Hall–Kier alpha value is -5.39. The van der Waals surface area contributed by atoms with Gasteiger partial charge in [-0.1, -0.05) is 56.9 Å². The highest BCUT2D eigenvalue weighted by atomic mass is 16.7. The molecule has 53 heavy (non-hydrogen) atoms. The molecule has 12 nitrogen and oxygen atoms in total. The summed E-state index contributed by atoms with van der Waals surface area (Å²) in [7, 11) is 0. The number of anilines is 2. The zero-order valence-corrected chi connectivity index (χ0v) is 31.0. The van der Waals surface area contributed by atoms with Gasteiger partial charge >= 0.3 is 29.8 Å². The van der Waals surface area contributed by atoms with E-state index >= 15 is 0 Å². The quantitative estimate of drug-likeness (QED) is 0.0687. The molecule has 3 aliphatic rings. The average molecular weight is 729 g/mol. The van der Waals surface area contributed by atoms with E-state index in [1.807, 2.05) is 12.1 Å². The monoisotopic (exact) mass is 728 g/mol. The van der Waals surface area contributed by atoms with Crippen molar-refractivity contribution in [2.75, 3.05) is 10.6 Å². The second kappa shape index (κ2) is 17.0. The Morgan fingerprint density at radius 3 is 1.75 bits per heavy atom. The van der Waals surface area contributed by atoms with Gasteiger partial charge in [-0.25, -0.2) is 24.0 Å². The average Bonchev–Trinajstić information content (AvgIpc) is 3.09. The van der Waals surface area contributed by atoms with E-state index in [1.165, 1.54) is 90.7 Å². The first kappa shape index (κ1) is 38.8. The Bertz CT molecular complexity index is 1670. The third kappa shape index (κ3) is 11.1. The van der Waals surface area contributed by atoms with Gasteiger partial charge in [0.25, 0.3) is 11.6 Å². The number of esters is 5. The fourth-order valence-corrected chi connectivity index (χ4v) is 6.52. The summed E-state index contributed by atoms with van der Waals surface area (Å²) in [6.45, 7) is 7.85. The number of rotatable bonds is 13. The van der Waals surface area contributed by atoms with Gasteiger partial charge in [-0.3, -0.25) is 0 Å². The summed E-state index contributed by atoms with van der Waals surface area (Å²) in [4.78, 5) is 62.5. The molecule has 0 unspecified atom stereocenters. The van der Waals surface area contributed by atoms with E-state index in [-0.39, 0.29) is 17.8 Å². The summed E-state index contributed by atoms with van der Waals surface area (Å²) in [6.07, 6.45) is 15.6. The Morgan fingerprint density at radius 1 is 0.755 bits per heavy atom. The van der Waals surface area contributed by atoms with Crippen LogP contribution in [0.4, 0.5) is 11.4 Å². The first-order chi connectivity index (χ1) is 25.2. The summed E-state index contributed by atoms with van der Waals surface area (Å²) in [6, 6.07) is 13.1. The largest absolute Gasteiger partial charge is 0.458 e. The lowest BCUT2D eigenvalue weighted by Crippen LogP contribution is -2.42. The number of nitrogens with one attached hydrogen (secondary N) is 2. The van der Waals surface area contributed by atoms with Crippen molar-refractivity contribution in [1.29, 1.82) is 0 Å². The molecule has 1 saturated carbocycles. The molecule has 12 heteroatoms. The summed E-state index contributed by atoms with van der Waals surface area (Å²) in [5.74, 6) is -5.42. The summed E-state index contributed by atoms with van der Waals surface area (Å²) in [5.41, 5.74) is 2.69. The van der Waals surface area contributed by atoms with E-state index in [0.717, 1.165) is 23.9 Å². The Labute approximate surface area is 309 Å². The molecule has 0 aromatic heterocycles. The fourth-order valence-electron chi connectivity index (χ4n) is 6.52. The molecule has 5 rings (SSSR count). The molecule has 2 aliphatic heterocycles. The van der Waals surface area contributed by atoms with Gasteiger partial charge in [-0.05, 0) is 78.5 Å². The zero-order chi connectivity index (χ0) is 38.2. The lowest BCUT2D eigenvalue weighted by atomic mass is 9.77. The second-order valence-corrected chi connectivity index (χ2v) is 14.5. The van der Waals surface area contributed by atoms with Crippen molar-refractivity contribution >= 4 is 47.3 Å². The van der Waals surface area contributed by atoms with Gasteiger partial charge in [0.1, 0.15) is 6.61 Å². The number of carbonyl (C=O) groups is 5. The van der Waals surface area contributed by atoms with E-state index in [9.17, 15) is 24.0 Å². The van der Waals surface area contributed by atoms with Crippen LogP contribution in [0, 0.1) is 5.92 Å². The van der Waals surface area contributed by atoms with Crippen molar-refractivity contribution in [3.05, 3.63) is 88.8 Å². The summed E-state index contributed by atoms with van der Waals surface area (Å²) < 4.78 is 26.1. The molecule has 1 aliphatic carbocycles. The second-order valence-electron chi connectivity index (χ2n) is 14.5. The van der Waals surface area contributed by atoms with Gasteiger partial charge in [-0.2, -0.15) is 0 Å². The number of hydrogen-bond acceptors (Lipinski definition) is 12. The van der Waals surface area contributed by atoms with E-state index in [1.54, 1.807) is 24.3 Å². The minimum atomic E-state index is -1.40. The Balaban J connectivity index is 1.23. The van der Waals surface area contributed by atoms with Crippen LogP contribution < -0.4 is 10.6 Å². The highest BCUT2D eigenvalue weighted by molar-refractivity contribution is 6.16. The normalized spacial score (nSPS) is 20.8. The Morgan fingerprint density at radius 2 is 1.26 bits per heavy atom. The maximum atomic E-state index is 12.7. The van der Waals surface area contributed by atoms with Gasteiger partial charge in [0, 0.05) is 57.5 Å². The van der Waals surface area contributed by atoms with Crippen molar-refractivity contribution in [1.82, 2.24) is 0 Å². The van der Waals surface area contributed by atoms with Crippen molar-refractivity contribution in [3.63, 3.8) is 0 Å². The number of ether oxygens (including phenoxy) is 5. The topological polar surface area (TPSA) is 156 Å². The molecule has 0 radical (unpaired) electrons. The zero-order valence-electron chi connectivity index (χ0n) is 31.0. The summed E-state index contributed by atoms with van der Waals surface area (Å²) in [5, 5.41) is 5.72. The van der Waals surface area contributed by atoms with E-state index < -0.39 is 41.4 Å². The van der Waals surface area contributed by atoms with Crippen LogP contribution in [0.15, 0.2) is 72.1 Å². The third-order valence-electron chi connectivity index (χ3n) is 9.26. The van der Waals surface area contributed by atoms with Crippen LogP contribution in [0.2, 0.25) is 0 Å². The van der Waals surface area contributed by atoms with Gasteiger partial charge in [0.05, 0.1) is 0 Å². The molecule has 2 saturated heterocycles. The molecule has 282 valence electrons. The maximum Gasteiger partial charge on any atom is 0.350 e. The number of cyclic esters (lactones) is 4. The summed E-state index contributed by atoms with van der Waals surface area (Å²) >= 11 is 0. The molecule has 0 bridgehead atoms. The predicted molar refractivity (Wildman–Crippen MR) is 196 cm³/mol. The molecular formula is C41H48N2O10. The van der Waals surface area contributed by atoms with Crippen molar-refractivity contribution in [2.45, 2.75) is 110 Å². The van der Waals surface area contributed by atoms with Gasteiger partial charge in [-0.15, -0.1) is 0 Å². The van der Waals surface area contributed by atoms with Crippen molar-refractivity contribution < 1.29 is 47.7 Å². The van der Waals surface area contributed by atoms with Crippen LogP contribution in [-0.4, -0.2) is 41.4 Å². The highest BCUT2D eigenvalue weighted by Gasteiger charge is 2.40. The smallest absolute Gasteiger partial charge is 0.350 e. The maximum absolute atomic E-state index is 12.7. The number of hydrogen-bond donors (Lipinski definition) is 2. The molecule has 0 atom stereocenters. The van der Waals surface area contributed by atoms with Crippen LogP contribution >= 0.6 is 0 Å². The molecule has 0 amide bonds. The molecule has 2 N–H and O–H groups in total. The van der Waals surface area contributed by atoms with Crippen molar-refractivity contribution in [2.24, 2.45) is 5.92 Å². The van der Waals surface area contributed by atoms with E-state index in [2.05, 4.69) is 29.7 Å². The fraction of sp³-hybridized carbons (Fsp3) is 0.439. The van der Waals surface area contributed by atoms with Gasteiger partial charge < -0.3 is 34.3 Å². The van der Waals surface area contributed by atoms with Crippen LogP contribution in [0.25, 0.3) is 6.08 Å². The number of benzene rings is 2. The van der Waals surface area contributed by atoms with E-state index in [0.29, 0.717) is 22.9 Å². The predicted octanol–water partition coefficient (Wildman–Crippen LogP) is 7.56. The lowest BCUT2D eigenvalue weighted by molar-refractivity contribution is -0.224. The van der Waals surface area contributed by atoms with Crippen LogP contribution in [0.3, 0.4) is 0 Å². The standard InChI is InChI=1S/C41H48N2O10/c1-6-7-8-9-26-10-15-29(16-11-26)30-17-12-27(13-18-30)14-19-35(44)49-25-28-20-31(42-23-33-36(45)50-40(2,3)51-37(33)46)22-32(21-28)43-24-34-38(47)52-41(4,5)53-39(34)48/h12-14,17-24,26,29,42-43H,6-11,15-16,25H2,1-5H3/b19-14+. The molecular weight excluding hydrogens is 680 g/mol. The molecule has 2 aromatic carbocycles. The molecule has 2 aromatic rings. The Kier molecular flexibility index (Phi) is 12.4. The van der Waals surface area contributed by atoms with Crippen LogP contribution in [0.1, 0.15) is 109 Å². The SMILES string of the molecule is CCCCCC1CCC(c2ccc(/C=C/C(=O)OCc3cc(NC=C4C(=O)OC(C)(C)OC4=O)cc(NC=C4C(=O)OC(C)(C)OC4=O)c3)cc2)CC1.